The molecule has 4 aromatic carbocycles. The number of aliphatic hydroxyl groups excluding tert-OH is 1. The number of hydrogen-bond acceptors (Lipinski definition) is 10. The summed E-state index contributed by atoms with van der Waals surface area (Å²) in [5, 5.41) is 72.6. The maximum Gasteiger partial charge on any atom is 0.163 e. The Balaban J connectivity index is 1.31. The van der Waals surface area contributed by atoms with Crippen LogP contribution in [0.4, 0.5) is 0 Å². The monoisotopic (exact) mass is 558 g/mol. The van der Waals surface area contributed by atoms with Crippen LogP contribution in [0, 0.1) is 0 Å². The maximum atomic E-state index is 11.3. The zero-order chi connectivity index (χ0) is 28.6. The summed E-state index contributed by atoms with van der Waals surface area (Å²) >= 11 is 0. The molecular weight excluding hydrogens is 532 g/mol. The van der Waals surface area contributed by atoms with E-state index >= 15 is 0 Å². The predicted octanol–water partition coefficient (Wildman–Crippen LogP) is 4.12. The van der Waals surface area contributed by atoms with Crippen LogP contribution in [0.3, 0.4) is 0 Å². The highest BCUT2D eigenvalue weighted by Gasteiger charge is 2.46. The lowest BCUT2D eigenvalue weighted by Crippen LogP contribution is -2.40. The van der Waals surface area contributed by atoms with Crippen molar-refractivity contribution in [2.75, 3.05) is 0 Å². The molecule has 0 aromatic heterocycles. The zero-order valence-corrected chi connectivity index (χ0v) is 21.4. The van der Waals surface area contributed by atoms with Crippen molar-refractivity contribution in [1.29, 1.82) is 0 Å². The molecule has 0 bridgehead atoms. The van der Waals surface area contributed by atoms with E-state index in [9.17, 15) is 35.7 Å². The second kappa shape index (κ2) is 9.12. The van der Waals surface area contributed by atoms with Crippen LogP contribution in [-0.4, -0.2) is 48.0 Å². The van der Waals surface area contributed by atoms with E-state index in [1.54, 1.807) is 24.3 Å². The van der Waals surface area contributed by atoms with Crippen LogP contribution in [0.2, 0.25) is 0 Å². The van der Waals surface area contributed by atoms with Gasteiger partial charge in [0.1, 0.15) is 35.2 Å². The average molecular weight is 559 g/mol. The predicted molar refractivity (Wildman–Crippen MR) is 143 cm³/mol. The van der Waals surface area contributed by atoms with Crippen LogP contribution in [0.25, 0.3) is 0 Å². The molecule has 0 fully saturated rings. The third kappa shape index (κ3) is 3.94. The van der Waals surface area contributed by atoms with Gasteiger partial charge in [-0.1, -0.05) is 18.2 Å². The Kier molecular flexibility index (Phi) is 5.60. The van der Waals surface area contributed by atoms with Gasteiger partial charge in [0, 0.05) is 46.7 Å². The number of aromatic hydroxyl groups is 6. The second-order valence-electron chi connectivity index (χ2n) is 10.6. The number of rotatable bonds is 2. The second-order valence-corrected chi connectivity index (χ2v) is 10.6. The molecule has 0 amide bonds. The van der Waals surface area contributed by atoms with Crippen molar-refractivity contribution in [1.82, 2.24) is 0 Å². The third-order valence-electron chi connectivity index (χ3n) is 8.14. The van der Waals surface area contributed by atoms with E-state index in [0.717, 1.165) is 0 Å². The van der Waals surface area contributed by atoms with Gasteiger partial charge in [-0.05, 0) is 41.5 Å². The fourth-order valence-electron chi connectivity index (χ4n) is 6.15. The van der Waals surface area contributed by atoms with E-state index in [1.165, 1.54) is 36.4 Å². The molecule has 0 unspecified atom stereocenters. The maximum absolute atomic E-state index is 11.3. The van der Waals surface area contributed by atoms with Crippen molar-refractivity contribution in [2.24, 2.45) is 0 Å². The molecule has 210 valence electrons. The molecule has 3 heterocycles. The van der Waals surface area contributed by atoms with Crippen LogP contribution in [0.5, 0.6) is 46.0 Å². The summed E-state index contributed by atoms with van der Waals surface area (Å²) in [6.45, 7) is -0.00130. The van der Waals surface area contributed by atoms with Crippen molar-refractivity contribution in [3.05, 3.63) is 94.0 Å². The van der Waals surface area contributed by atoms with Crippen molar-refractivity contribution in [2.45, 2.75) is 43.4 Å². The quantitative estimate of drug-likeness (QED) is 0.178. The topological polar surface area (TPSA) is 169 Å². The lowest BCUT2D eigenvalue weighted by molar-refractivity contribution is -0.0720. The van der Waals surface area contributed by atoms with Crippen LogP contribution >= 0.6 is 0 Å². The summed E-state index contributed by atoms with van der Waals surface area (Å²) in [6, 6.07) is 15.2. The normalized spacial score (nSPS) is 24.2. The van der Waals surface area contributed by atoms with Gasteiger partial charge in [0.25, 0.3) is 0 Å². The number of fused-ring (bicyclic) bond motifs is 5. The molecule has 0 aliphatic carbocycles. The number of benzene rings is 4. The van der Waals surface area contributed by atoms with Gasteiger partial charge in [0.15, 0.2) is 29.1 Å². The number of aliphatic hydroxyl groups is 1. The van der Waals surface area contributed by atoms with Crippen molar-refractivity contribution < 1.29 is 50.0 Å². The largest absolute Gasteiger partial charge is 0.508 e. The number of phenols is 6. The molecule has 7 rings (SSSR count). The van der Waals surface area contributed by atoms with Gasteiger partial charge in [0.05, 0.1) is 12.7 Å². The summed E-state index contributed by atoms with van der Waals surface area (Å²) in [5.74, 6) is -1.11. The highest BCUT2D eigenvalue weighted by atomic mass is 16.5. The lowest BCUT2D eigenvalue weighted by atomic mass is 9.77. The molecule has 3 aliphatic heterocycles. The first kappa shape index (κ1) is 25.2. The molecule has 10 heteroatoms. The molecule has 7 N–H and O–H groups in total. The summed E-state index contributed by atoms with van der Waals surface area (Å²) in [6.07, 6.45) is -3.00. The fourth-order valence-corrected chi connectivity index (χ4v) is 6.15. The van der Waals surface area contributed by atoms with E-state index in [0.29, 0.717) is 44.9 Å². The number of hydrogen-bond donors (Lipinski definition) is 7. The van der Waals surface area contributed by atoms with E-state index in [2.05, 4.69) is 0 Å². The Bertz CT molecular complexity index is 1700. The Morgan fingerprint density at radius 2 is 1.39 bits per heavy atom. The Morgan fingerprint density at radius 1 is 0.634 bits per heavy atom. The lowest BCUT2D eigenvalue weighted by Gasteiger charge is -2.43. The highest BCUT2D eigenvalue weighted by molar-refractivity contribution is 5.58. The third-order valence-corrected chi connectivity index (χ3v) is 8.14. The molecular formula is C31H26O10. The Hall–Kier alpha value is -4.80. The van der Waals surface area contributed by atoms with Crippen LogP contribution in [0.15, 0.2) is 60.7 Å². The first-order chi connectivity index (χ1) is 19.7. The van der Waals surface area contributed by atoms with Crippen LogP contribution in [-0.2, 0) is 17.8 Å². The Morgan fingerprint density at radius 3 is 2.20 bits per heavy atom. The molecule has 0 spiro atoms. The van der Waals surface area contributed by atoms with Crippen LogP contribution < -0.4 is 9.47 Å². The first-order valence-electron chi connectivity index (χ1n) is 13.1. The van der Waals surface area contributed by atoms with Crippen molar-refractivity contribution >= 4 is 0 Å². The molecule has 0 saturated heterocycles. The molecule has 4 aromatic rings. The van der Waals surface area contributed by atoms with E-state index < -0.39 is 30.3 Å². The summed E-state index contributed by atoms with van der Waals surface area (Å²) in [7, 11) is 0. The number of ether oxygens (including phenoxy) is 3. The SMILES string of the molecule is Oc1ccc2c(c1)O[C@H]1c3ccc(O)c(O)c3CO[C@H]1[C@@H]2c1cc2c(cc1O)O[C@H](c1ccc(O)c(O)c1)[C@@H](O)C2. The van der Waals surface area contributed by atoms with E-state index in [4.69, 9.17) is 14.2 Å². The zero-order valence-electron chi connectivity index (χ0n) is 21.4. The van der Waals surface area contributed by atoms with Gasteiger partial charge in [0.2, 0.25) is 0 Å². The van der Waals surface area contributed by atoms with Gasteiger partial charge in [-0.3, -0.25) is 0 Å². The molecule has 0 radical (unpaired) electrons. The molecule has 10 nitrogen and oxygen atoms in total. The minimum atomic E-state index is -0.982. The molecule has 5 atom stereocenters. The summed E-state index contributed by atoms with van der Waals surface area (Å²) in [4.78, 5) is 0. The number of phenolic OH excluding ortho intramolecular Hbond substituents is 6. The van der Waals surface area contributed by atoms with Crippen molar-refractivity contribution in [3.8, 4) is 46.0 Å². The van der Waals surface area contributed by atoms with E-state index in [1.807, 2.05) is 0 Å². The van der Waals surface area contributed by atoms with Crippen molar-refractivity contribution in [3.63, 3.8) is 0 Å². The Labute approximate surface area is 233 Å². The smallest absolute Gasteiger partial charge is 0.163 e. The van der Waals surface area contributed by atoms with Gasteiger partial charge in [-0.25, -0.2) is 0 Å². The van der Waals surface area contributed by atoms with Gasteiger partial charge in [-0.15, -0.1) is 0 Å². The first-order valence-corrected chi connectivity index (χ1v) is 13.1. The highest BCUT2D eigenvalue weighted by Crippen LogP contribution is 2.54. The van der Waals surface area contributed by atoms with Gasteiger partial charge < -0.3 is 50.0 Å². The van der Waals surface area contributed by atoms with Gasteiger partial charge >= 0.3 is 0 Å². The molecule has 0 saturated carbocycles. The summed E-state index contributed by atoms with van der Waals surface area (Å²) in [5.41, 5.74) is 3.29. The minimum Gasteiger partial charge on any atom is -0.508 e. The minimum absolute atomic E-state index is 0.00130. The van der Waals surface area contributed by atoms with E-state index in [-0.39, 0.29) is 47.5 Å². The molecule has 41 heavy (non-hydrogen) atoms. The summed E-state index contributed by atoms with van der Waals surface area (Å²) < 4.78 is 18.6. The fraction of sp³-hybridized carbons (Fsp3) is 0.226. The van der Waals surface area contributed by atoms with Crippen LogP contribution in [0.1, 0.15) is 51.5 Å². The standard InChI is InChI=1S/C31H26O10/c32-15-2-3-17-26(10-15)41-30-16-4-6-21(34)28(38)19(16)12-39-31(30)27(17)18-7-14-9-24(37)29(40-25(14)11-22(18)35)13-1-5-20(33)23(36)8-13/h1-8,10-11,24,27,29-38H,9,12H2/t24-,27-,29+,30-,31-/m0/s1. The van der Waals surface area contributed by atoms with Gasteiger partial charge in [-0.2, -0.15) is 0 Å². The molecule has 3 aliphatic rings. The average Bonchev–Trinajstić information content (AvgIpc) is 2.95.